The minimum Gasteiger partial charge on any atom is -0.393 e. The van der Waals surface area contributed by atoms with Crippen LogP contribution in [0.5, 0.6) is 0 Å². The molecule has 1 aliphatic carbocycles. The Morgan fingerprint density at radius 2 is 1.85 bits per heavy atom. The van der Waals surface area contributed by atoms with E-state index in [4.69, 9.17) is 0 Å². The highest BCUT2D eigenvalue weighted by atomic mass is 19.4. The van der Waals surface area contributed by atoms with Crippen LogP contribution in [-0.2, 0) is 12.7 Å². The third kappa shape index (κ3) is 7.31. The normalized spacial score (nSPS) is 18.6. The van der Waals surface area contributed by atoms with Crippen molar-refractivity contribution in [3.8, 4) is 0 Å². The van der Waals surface area contributed by atoms with Crippen LogP contribution in [0.4, 0.5) is 24.9 Å². The highest BCUT2D eigenvalue weighted by molar-refractivity contribution is 5.98. The molecule has 1 amide bonds. The Bertz CT molecular complexity index is 913. The van der Waals surface area contributed by atoms with E-state index in [1.165, 1.54) is 18.3 Å². The average molecular weight is 466 g/mol. The van der Waals surface area contributed by atoms with Gasteiger partial charge in [-0.05, 0) is 49.8 Å². The topological polar surface area (TPSA) is 99.2 Å². The first kappa shape index (κ1) is 24.8. The molecule has 7 nitrogen and oxygen atoms in total. The minimum absolute atomic E-state index is 0.0720. The molecule has 1 heterocycles. The number of hydrogen-bond acceptors (Lipinski definition) is 6. The van der Waals surface area contributed by atoms with Gasteiger partial charge in [0.25, 0.3) is 5.91 Å². The maximum Gasteiger partial charge on any atom is 0.416 e. The van der Waals surface area contributed by atoms with Crippen LogP contribution in [0, 0.1) is 0 Å². The summed E-state index contributed by atoms with van der Waals surface area (Å²) in [4.78, 5) is 21.6. The summed E-state index contributed by atoms with van der Waals surface area (Å²) in [6.07, 6.45) is 1.61. The molecule has 0 aliphatic heterocycles. The number of aromatic nitrogens is 2. The second kappa shape index (κ2) is 11.3. The van der Waals surface area contributed by atoms with Crippen LogP contribution in [0.2, 0.25) is 0 Å². The number of rotatable bonds is 9. The molecule has 1 saturated carbocycles. The summed E-state index contributed by atoms with van der Waals surface area (Å²) in [6.45, 7) is 2.87. The molecular formula is C23H30F3N5O2. The number of benzene rings is 1. The molecule has 0 radical (unpaired) electrons. The summed E-state index contributed by atoms with van der Waals surface area (Å²) in [5, 5.41) is 18.9. The lowest BCUT2D eigenvalue weighted by Crippen LogP contribution is -2.31. The van der Waals surface area contributed by atoms with Gasteiger partial charge in [0.1, 0.15) is 11.4 Å². The Morgan fingerprint density at radius 1 is 1.15 bits per heavy atom. The Labute approximate surface area is 191 Å². The van der Waals surface area contributed by atoms with Gasteiger partial charge >= 0.3 is 6.18 Å². The number of alkyl halides is 3. The largest absolute Gasteiger partial charge is 0.416 e. The molecule has 0 atom stereocenters. The van der Waals surface area contributed by atoms with Gasteiger partial charge in [0.15, 0.2) is 0 Å². The zero-order valence-electron chi connectivity index (χ0n) is 18.6. The van der Waals surface area contributed by atoms with E-state index in [2.05, 4.69) is 32.8 Å². The number of amides is 1. The SMILES string of the molecule is CCCCNc1ncc(C(=O)NCc2ccc(C(F)(F)F)cc2)c(N[C@H]2CC[C@H](O)CC2)n1. The number of aliphatic hydroxyl groups excluding tert-OH is 1. The summed E-state index contributed by atoms with van der Waals surface area (Å²) < 4.78 is 38.2. The van der Waals surface area contributed by atoms with Crippen LogP contribution >= 0.6 is 0 Å². The molecule has 4 N–H and O–H groups in total. The van der Waals surface area contributed by atoms with Gasteiger partial charge in [-0.15, -0.1) is 0 Å². The van der Waals surface area contributed by atoms with Gasteiger partial charge in [0.05, 0.1) is 11.7 Å². The minimum atomic E-state index is -4.40. The number of anilines is 2. The lowest BCUT2D eigenvalue weighted by molar-refractivity contribution is -0.137. The number of aliphatic hydroxyl groups is 1. The second-order valence-corrected chi connectivity index (χ2v) is 8.26. The van der Waals surface area contributed by atoms with Gasteiger partial charge in [-0.25, -0.2) is 4.98 Å². The predicted molar refractivity (Wildman–Crippen MR) is 120 cm³/mol. The van der Waals surface area contributed by atoms with Crippen molar-refractivity contribution in [3.63, 3.8) is 0 Å². The number of unbranched alkanes of at least 4 members (excludes halogenated alkanes) is 1. The molecule has 0 spiro atoms. The van der Waals surface area contributed by atoms with Crippen molar-refractivity contribution in [1.29, 1.82) is 0 Å². The Balaban J connectivity index is 1.70. The lowest BCUT2D eigenvalue weighted by atomic mass is 9.93. The van der Waals surface area contributed by atoms with E-state index in [0.717, 1.165) is 37.8 Å². The van der Waals surface area contributed by atoms with Gasteiger partial charge in [0, 0.05) is 25.3 Å². The Kier molecular flexibility index (Phi) is 8.49. The van der Waals surface area contributed by atoms with Crippen LogP contribution in [0.25, 0.3) is 0 Å². The molecular weight excluding hydrogens is 435 g/mol. The summed E-state index contributed by atoms with van der Waals surface area (Å²) in [7, 11) is 0. The van der Waals surface area contributed by atoms with Crippen molar-refractivity contribution >= 4 is 17.7 Å². The predicted octanol–water partition coefficient (Wildman–Crippen LogP) is 4.35. The van der Waals surface area contributed by atoms with Crippen LogP contribution in [0.15, 0.2) is 30.5 Å². The highest BCUT2D eigenvalue weighted by Crippen LogP contribution is 2.29. The summed E-state index contributed by atoms with van der Waals surface area (Å²) in [5.74, 6) is 0.393. The van der Waals surface area contributed by atoms with Gasteiger partial charge in [0.2, 0.25) is 5.95 Å². The summed E-state index contributed by atoms with van der Waals surface area (Å²) in [6, 6.07) is 4.74. The Morgan fingerprint density at radius 3 is 2.48 bits per heavy atom. The van der Waals surface area contributed by atoms with E-state index < -0.39 is 17.6 Å². The maximum absolute atomic E-state index is 12.9. The van der Waals surface area contributed by atoms with Crippen LogP contribution in [-0.4, -0.2) is 39.7 Å². The van der Waals surface area contributed by atoms with E-state index in [0.29, 0.717) is 36.7 Å². The van der Waals surface area contributed by atoms with Crippen molar-refractivity contribution in [1.82, 2.24) is 15.3 Å². The number of hydrogen-bond donors (Lipinski definition) is 4. The third-order valence-electron chi connectivity index (χ3n) is 5.62. The second-order valence-electron chi connectivity index (χ2n) is 8.26. The molecule has 2 aromatic rings. The molecule has 10 heteroatoms. The first-order valence-electron chi connectivity index (χ1n) is 11.3. The molecule has 1 fully saturated rings. The molecule has 0 bridgehead atoms. The number of nitrogens with zero attached hydrogens (tertiary/aromatic N) is 2. The molecule has 3 rings (SSSR count). The van der Waals surface area contributed by atoms with Gasteiger partial charge < -0.3 is 21.1 Å². The fraction of sp³-hybridized carbons (Fsp3) is 0.522. The molecule has 180 valence electrons. The van der Waals surface area contributed by atoms with Crippen molar-refractivity contribution in [3.05, 3.63) is 47.2 Å². The smallest absolute Gasteiger partial charge is 0.393 e. The molecule has 1 aromatic heterocycles. The van der Waals surface area contributed by atoms with Crippen molar-refractivity contribution in [2.24, 2.45) is 0 Å². The zero-order valence-corrected chi connectivity index (χ0v) is 18.6. The molecule has 1 aliphatic rings. The first-order valence-corrected chi connectivity index (χ1v) is 11.3. The quantitative estimate of drug-likeness (QED) is 0.411. The number of carbonyl (C=O) groups is 1. The van der Waals surface area contributed by atoms with E-state index in [1.807, 2.05) is 0 Å². The van der Waals surface area contributed by atoms with Crippen molar-refractivity contribution in [2.45, 2.75) is 70.3 Å². The molecule has 33 heavy (non-hydrogen) atoms. The first-order chi connectivity index (χ1) is 15.8. The zero-order chi connectivity index (χ0) is 23.8. The van der Waals surface area contributed by atoms with Crippen LogP contribution in [0.3, 0.4) is 0 Å². The van der Waals surface area contributed by atoms with E-state index in [1.54, 1.807) is 0 Å². The molecule has 1 aromatic carbocycles. The standard InChI is InChI=1S/C23H30F3N5O2/c1-2-3-12-27-22-29-14-19(20(31-22)30-17-8-10-18(32)11-9-17)21(33)28-13-15-4-6-16(7-5-15)23(24,25)26/h4-7,14,17-18,32H,2-3,8-13H2,1H3,(H,28,33)(H2,27,29,30,31)/t17-,18-. The Hall–Kier alpha value is -2.88. The highest BCUT2D eigenvalue weighted by Gasteiger charge is 2.30. The third-order valence-corrected chi connectivity index (χ3v) is 5.62. The average Bonchev–Trinajstić information content (AvgIpc) is 2.79. The van der Waals surface area contributed by atoms with Crippen LogP contribution < -0.4 is 16.0 Å². The number of carbonyl (C=O) groups excluding carboxylic acids is 1. The maximum atomic E-state index is 12.9. The van der Waals surface area contributed by atoms with Gasteiger partial charge in [-0.3, -0.25) is 4.79 Å². The van der Waals surface area contributed by atoms with Crippen molar-refractivity contribution < 1.29 is 23.1 Å². The van der Waals surface area contributed by atoms with Crippen LogP contribution in [0.1, 0.15) is 66.9 Å². The molecule has 0 saturated heterocycles. The van der Waals surface area contributed by atoms with E-state index in [9.17, 15) is 23.1 Å². The number of nitrogens with one attached hydrogen (secondary N) is 3. The fourth-order valence-electron chi connectivity index (χ4n) is 3.62. The van der Waals surface area contributed by atoms with Gasteiger partial charge in [-0.1, -0.05) is 25.5 Å². The summed E-state index contributed by atoms with van der Waals surface area (Å²) >= 11 is 0. The van der Waals surface area contributed by atoms with Gasteiger partial charge in [-0.2, -0.15) is 18.2 Å². The lowest BCUT2D eigenvalue weighted by Gasteiger charge is -2.27. The number of halogens is 3. The van der Waals surface area contributed by atoms with E-state index >= 15 is 0 Å². The summed E-state index contributed by atoms with van der Waals surface area (Å²) in [5.41, 5.74) is 0.0706. The van der Waals surface area contributed by atoms with Crippen molar-refractivity contribution in [2.75, 3.05) is 17.2 Å². The fourth-order valence-corrected chi connectivity index (χ4v) is 3.62. The monoisotopic (exact) mass is 465 g/mol. The van der Waals surface area contributed by atoms with E-state index in [-0.39, 0.29) is 24.3 Å². The molecule has 0 unspecified atom stereocenters.